The summed E-state index contributed by atoms with van der Waals surface area (Å²) in [5.74, 6) is -2.91. The summed E-state index contributed by atoms with van der Waals surface area (Å²) in [5.41, 5.74) is 1.91. The molecular weight excluding hydrogens is 345 g/mol. The van der Waals surface area contributed by atoms with Gasteiger partial charge in [-0.05, 0) is 17.2 Å². The van der Waals surface area contributed by atoms with Crippen molar-refractivity contribution in [3.63, 3.8) is 0 Å². The number of benzene rings is 3. The van der Waals surface area contributed by atoms with Crippen LogP contribution < -0.4 is 4.74 Å². The molecule has 0 aromatic heterocycles. The molecule has 2 N–H and O–H groups in total. The van der Waals surface area contributed by atoms with Crippen molar-refractivity contribution in [1.82, 2.24) is 0 Å². The van der Waals surface area contributed by atoms with Gasteiger partial charge in [-0.3, -0.25) is 0 Å². The quantitative estimate of drug-likeness (QED) is 0.498. The van der Waals surface area contributed by atoms with Crippen molar-refractivity contribution in [3.05, 3.63) is 89.5 Å². The van der Waals surface area contributed by atoms with Crippen LogP contribution in [0.25, 0.3) is 0 Å². The first kappa shape index (κ1) is 17.7. The summed E-state index contributed by atoms with van der Waals surface area (Å²) in [5, 5.41) is 20.4. The molecule has 3 aromatic rings. The second-order valence-corrected chi connectivity index (χ2v) is 5.65. The van der Waals surface area contributed by atoms with E-state index in [0.29, 0.717) is 0 Å². The summed E-state index contributed by atoms with van der Waals surface area (Å²) in [6.45, 7) is 0. The lowest BCUT2D eigenvalue weighted by atomic mass is 9.84. The van der Waals surface area contributed by atoms with Crippen molar-refractivity contribution >= 4 is 0 Å². The maximum absolute atomic E-state index is 12.4. The minimum Gasteiger partial charge on any atom is -0.504 e. The van der Waals surface area contributed by atoms with Crippen LogP contribution in [0.5, 0.6) is 17.2 Å². The van der Waals surface area contributed by atoms with E-state index in [1.54, 1.807) is 0 Å². The normalized spacial score (nSPS) is 11.5. The zero-order valence-corrected chi connectivity index (χ0v) is 13.4. The summed E-state index contributed by atoms with van der Waals surface area (Å²) in [6.07, 6.45) is -4.97. The van der Waals surface area contributed by atoms with Gasteiger partial charge in [0.05, 0.1) is 0 Å². The van der Waals surface area contributed by atoms with Crippen LogP contribution in [0.3, 0.4) is 0 Å². The Labute approximate surface area is 147 Å². The number of hydrogen-bond donors (Lipinski definition) is 2. The number of halogens is 3. The van der Waals surface area contributed by atoms with Crippen molar-refractivity contribution in [2.24, 2.45) is 0 Å². The zero-order chi connectivity index (χ0) is 18.7. The van der Waals surface area contributed by atoms with Gasteiger partial charge in [0.15, 0.2) is 11.5 Å². The second-order valence-electron chi connectivity index (χ2n) is 5.65. The minimum absolute atomic E-state index is 0.273. The molecule has 3 nitrogen and oxygen atoms in total. The van der Waals surface area contributed by atoms with Gasteiger partial charge in [-0.25, -0.2) is 0 Å². The van der Waals surface area contributed by atoms with Gasteiger partial charge in [-0.2, -0.15) is 0 Å². The molecule has 0 saturated heterocycles. The first-order chi connectivity index (χ1) is 12.4. The van der Waals surface area contributed by atoms with Crippen LogP contribution in [-0.2, 0) is 0 Å². The van der Waals surface area contributed by atoms with E-state index in [-0.39, 0.29) is 5.56 Å². The van der Waals surface area contributed by atoms with Gasteiger partial charge < -0.3 is 14.9 Å². The molecule has 6 heteroatoms. The van der Waals surface area contributed by atoms with E-state index in [1.165, 1.54) is 6.07 Å². The van der Waals surface area contributed by atoms with Crippen LogP contribution in [0.15, 0.2) is 72.8 Å². The highest BCUT2D eigenvalue weighted by molar-refractivity contribution is 5.59. The standard InChI is InChI=1S/C20H15F3O3/c21-20(22,23)26-16-12-11-15(18(24)19(16)25)17(13-7-3-1-4-8-13)14-9-5-2-6-10-14/h1-12,17,24-25H. The third-order valence-corrected chi connectivity index (χ3v) is 3.95. The highest BCUT2D eigenvalue weighted by Gasteiger charge is 2.33. The van der Waals surface area contributed by atoms with Crippen LogP contribution in [0.1, 0.15) is 22.6 Å². The Morgan fingerprint density at radius 2 is 1.19 bits per heavy atom. The summed E-state index contributed by atoms with van der Waals surface area (Å²) < 4.78 is 41.0. The second kappa shape index (κ2) is 7.00. The molecule has 0 aliphatic carbocycles. The summed E-state index contributed by atoms with van der Waals surface area (Å²) in [4.78, 5) is 0. The third kappa shape index (κ3) is 3.74. The average molecular weight is 360 g/mol. The smallest absolute Gasteiger partial charge is 0.504 e. The molecule has 0 radical (unpaired) electrons. The lowest BCUT2D eigenvalue weighted by Gasteiger charge is -2.21. The van der Waals surface area contributed by atoms with Crippen molar-refractivity contribution in [3.8, 4) is 17.2 Å². The fraction of sp³-hybridized carbons (Fsp3) is 0.100. The van der Waals surface area contributed by atoms with E-state index in [1.807, 2.05) is 60.7 Å². The number of rotatable bonds is 4. The topological polar surface area (TPSA) is 49.7 Å². The molecule has 0 atom stereocenters. The van der Waals surface area contributed by atoms with Gasteiger partial charge in [0.2, 0.25) is 5.75 Å². The predicted octanol–water partition coefficient (Wildman–Crippen LogP) is 5.18. The molecule has 0 spiro atoms. The van der Waals surface area contributed by atoms with Crippen molar-refractivity contribution < 1.29 is 28.1 Å². The molecule has 3 rings (SSSR count). The summed E-state index contributed by atoms with van der Waals surface area (Å²) in [7, 11) is 0. The van der Waals surface area contributed by atoms with E-state index >= 15 is 0 Å². The Morgan fingerprint density at radius 3 is 1.65 bits per heavy atom. The number of ether oxygens (including phenoxy) is 1. The molecule has 0 unspecified atom stereocenters. The van der Waals surface area contributed by atoms with Crippen LogP contribution >= 0.6 is 0 Å². The number of alkyl halides is 3. The van der Waals surface area contributed by atoms with Crippen LogP contribution in [0.2, 0.25) is 0 Å². The van der Waals surface area contributed by atoms with Gasteiger partial charge in [0, 0.05) is 11.5 Å². The number of phenolic OH excluding ortho intramolecular Hbond substituents is 2. The average Bonchev–Trinajstić information content (AvgIpc) is 2.62. The fourth-order valence-corrected chi connectivity index (χ4v) is 2.86. The van der Waals surface area contributed by atoms with Crippen molar-refractivity contribution in [2.45, 2.75) is 12.3 Å². The first-order valence-corrected chi connectivity index (χ1v) is 7.77. The highest BCUT2D eigenvalue weighted by Crippen LogP contribution is 2.46. The molecule has 0 aliphatic rings. The fourth-order valence-electron chi connectivity index (χ4n) is 2.86. The monoisotopic (exact) mass is 360 g/mol. The van der Waals surface area contributed by atoms with Crippen molar-refractivity contribution in [2.75, 3.05) is 0 Å². The Hall–Kier alpha value is -3.15. The van der Waals surface area contributed by atoms with E-state index in [2.05, 4.69) is 4.74 Å². The lowest BCUT2D eigenvalue weighted by molar-refractivity contribution is -0.275. The lowest BCUT2D eigenvalue weighted by Crippen LogP contribution is -2.17. The van der Waals surface area contributed by atoms with Gasteiger partial charge in [-0.15, -0.1) is 13.2 Å². The zero-order valence-electron chi connectivity index (χ0n) is 13.4. The van der Waals surface area contributed by atoms with E-state index < -0.39 is 29.5 Å². The molecular formula is C20H15F3O3. The molecule has 0 aliphatic heterocycles. The number of aromatic hydroxyl groups is 2. The van der Waals surface area contributed by atoms with Gasteiger partial charge in [0.1, 0.15) is 0 Å². The molecule has 0 bridgehead atoms. The Kier molecular flexibility index (Phi) is 4.75. The maximum Gasteiger partial charge on any atom is 0.573 e. The van der Waals surface area contributed by atoms with Gasteiger partial charge >= 0.3 is 6.36 Å². The molecule has 0 amide bonds. The largest absolute Gasteiger partial charge is 0.573 e. The number of hydrogen-bond acceptors (Lipinski definition) is 3. The Morgan fingerprint density at radius 1 is 0.692 bits per heavy atom. The molecule has 134 valence electrons. The van der Waals surface area contributed by atoms with E-state index in [4.69, 9.17) is 0 Å². The van der Waals surface area contributed by atoms with E-state index in [0.717, 1.165) is 17.2 Å². The van der Waals surface area contributed by atoms with E-state index in [9.17, 15) is 23.4 Å². The first-order valence-electron chi connectivity index (χ1n) is 7.77. The van der Waals surface area contributed by atoms with Crippen LogP contribution in [0, 0.1) is 0 Å². The molecule has 0 saturated carbocycles. The highest BCUT2D eigenvalue weighted by atomic mass is 19.4. The Balaban J connectivity index is 2.12. The molecule has 3 aromatic carbocycles. The van der Waals surface area contributed by atoms with Gasteiger partial charge in [-0.1, -0.05) is 66.7 Å². The summed E-state index contributed by atoms with van der Waals surface area (Å²) in [6, 6.07) is 20.6. The molecule has 0 fully saturated rings. The molecule has 26 heavy (non-hydrogen) atoms. The predicted molar refractivity (Wildman–Crippen MR) is 90.3 cm³/mol. The summed E-state index contributed by atoms with van der Waals surface area (Å²) >= 11 is 0. The minimum atomic E-state index is -4.97. The van der Waals surface area contributed by atoms with Crippen molar-refractivity contribution in [1.29, 1.82) is 0 Å². The van der Waals surface area contributed by atoms with Crippen LogP contribution in [-0.4, -0.2) is 16.6 Å². The SMILES string of the molecule is Oc1c(OC(F)(F)F)ccc(C(c2ccccc2)c2ccccc2)c1O. The maximum atomic E-state index is 12.4. The van der Waals surface area contributed by atoms with Crippen LogP contribution in [0.4, 0.5) is 13.2 Å². The third-order valence-electron chi connectivity index (χ3n) is 3.95. The van der Waals surface area contributed by atoms with Gasteiger partial charge in [0.25, 0.3) is 0 Å². The Bertz CT molecular complexity index is 839. The number of phenols is 2. The molecule has 0 heterocycles.